The van der Waals surface area contributed by atoms with Crippen molar-refractivity contribution in [3.05, 3.63) is 0 Å². The smallest absolute Gasteiger partial charge is 0.122 e. The van der Waals surface area contributed by atoms with Crippen LogP contribution < -0.4 is 0 Å². The summed E-state index contributed by atoms with van der Waals surface area (Å²) in [5.74, 6) is 0. The molecule has 0 aliphatic heterocycles. The molecule has 1 unspecified atom stereocenters. The molecule has 0 aromatic carbocycles. The van der Waals surface area contributed by atoms with Crippen molar-refractivity contribution < 1.29 is 19.4 Å². The van der Waals surface area contributed by atoms with Crippen LogP contribution >= 0.6 is 0 Å². The first-order valence-corrected chi connectivity index (χ1v) is 3.39. The summed E-state index contributed by atoms with van der Waals surface area (Å²) in [6.45, 7) is 0.187. The molecule has 66 valence electrons. The highest BCUT2D eigenvalue weighted by atomic mass is 16.5. The monoisotopic (exact) mass is 162 g/mol. The third kappa shape index (κ3) is 4.08. The second-order valence-corrected chi connectivity index (χ2v) is 2.20. The molecule has 2 atom stereocenters. The van der Waals surface area contributed by atoms with Crippen LogP contribution in [0.5, 0.6) is 0 Å². The van der Waals surface area contributed by atoms with Crippen LogP contribution in [0.25, 0.3) is 0 Å². The summed E-state index contributed by atoms with van der Waals surface area (Å²) in [4.78, 5) is 10.1. The average Bonchev–Trinajstić information content (AvgIpc) is 2.00. The summed E-state index contributed by atoms with van der Waals surface area (Å²) in [7, 11) is 2.93. The fourth-order valence-corrected chi connectivity index (χ4v) is 0.783. The molecule has 0 heterocycles. The minimum atomic E-state index is -0.727. The Labute approximate surface area is 66.1 Å². The van der Waals surface area contributed by atoms with Crippen LogP contribution in [0.1, 0.15) is 6.42 Å². The van der Waals surface area contributed by atoms with E-state index in [0.717, 1.165) is 0 Å². The van der Waals surface area contributed by atoms with Crippen molar-refractivity contribution in [3.8, 4) is 0 Å². The van der Waals surface area contributed by atoms with Gasteiger partial charge in [-0.3, -0.25) is 0 Å². The third-order valence-electron chi connectivity index (χ3n) is 1.40. The number of rotatable bonds is 6. The predicted octanol–water partition coefficient (Wildman–Crippen LogP) is -0.402. The van der Waals surface area contributed by atoms with E-state index in [9.17, 15) is 9.90 Å². The molecule has 0 spiro atoms. The van der Waals surface area contributed by atoms with Gasteiger partial charge in [0.25, 0.3) is 0 Å². The summed E-state index contributed by atoms with van der Waals surface area (Å²) >= 11 is 0. The summed E-state index contributed by atoms with van der Waals surface area (Å²) in [6, 6.07) is 0. The van der Waals surface area contributed by atoms with Crippen molar-refractivity contribution in [2.45, 2.75) is 18.6 Å². The van der Waals surface area contributed by atoms with Gasteiger partial charge in [-0.15, -0.1) is 0 Å². The van der Waals surface area contributed by atoms with Gasteiger partial charge in [0.05, 0.1) is 12.7 Å². The predicted molar refractivity (Wildman–Crippen MR) is 39.4 cm³/mol. The number of ether oxygens (including phenoxy) is 2. The lowest BCUT2D eigenvalue weighted by Crippen LogP contribution is -2.32. The average molecular weight is 162 g/mol. The first-order chi connectivity index (χ1) is 5.26. The molecular formula is C7H14O4. The maximum atomic E-state index is 10.1. The molecule has 0 radical (unpaired) electrons. The molecule has 0 aromatic heterocycles. The van der Waals surface area contributed by atoms with Crippen LogP contribution in [0.4, 0.5) is 0 Å². The Balaban J connectivity index is 3.70. The third-order valence-corrected chi connectivity index (χ3v) is 1.40. The minimum absolute atomic E-state index is 0.187. The Morgan fingerprint density at radius 3 is 2.55 bits per heavy atom. The van der Waals surface area contributed by atoms with E-state index in [2.05, 4.69) is 4.74 Å². The quantitative estimate of drug-likeness (QED) is 0.540. The van der Waals surface area contributed by atoms with E-state index in [4.69, 9.17) is 4.74 Å². The van der Waals surface area contributed by atoms with Crippen LogP contribution in [-0.4, -0.2) is 44.4 Å². The van der Waals surface area contributed by atoms with Gasteiger partial charge in [0.15, 0.2) is 0 Å². The molecule has 0 rings (SSSR count). The molecule has 0 fully saturated rings. The maximum Gasteiger partial charge on any atom is 0.122 e. The molecule has 0 saturated carbocycles. The zero-order chi connectivity index (χ0) is 8.69. The Morgan fingerprint density at radius 1 is 1.55 bits per heavy atom. The van der Waals surface area contributed by atoms with Gasteiger partial charge in [-0.2, -0.15) is 0 Å². The number of hydrogen-bond acceptors (Lipinski definition) is 4. The summed E-state index contributed by atoms with van der Waals surface area (Å²) in [5.41, 5.74) is 0. The Hall–Kier alpha value is -0.450. The lowest BCUT2D eigenvalue weighted by molar-refractivity contribution is -0.113. The Bertz CT molecular complexity index is 105. The summed E-state index contributed by atoms with van der Waals surface area (Å²) in [5, 5.41) is 9.23. The maximum absolute atomic E-state index is 10.1. The molecule has 1 N–H and O–H groups in total. The molecule has 0 bridgehead atoms. The lowest BCUT2D eigenvalue weighted by Gasteiger charge is -2.18. The number of carbonyl (C=O) groups is 1. The molecule has 0 saturated heterocycles. The van der Waals surface area contributed by atoms with Crippen molar-refractivity contribution in [2.75, 3.05) is 20.8 Å². The standard InChI is InChI=1S/C7H14O4/c1-10-5-6(9)7(11-2)3-4-8/h4,6-7,9H,3,5H2,1-2H3/t6-,7?/m0/s1. The highest BCUT2D eigenvalue weighted by Crippen LogP contribution is 2.01. The van der Waals surface area contributed by atoms with Crippen molar-refractivity contribution in [1.82, 2.24) is 0 Å². The molecular weight excluding hydrogens is 148 g/mol. The normalized spacial score (nSPS) is 15.9. The summed E-state index contributed by atoms with van der Waals surface area (Å²) < 4.78 is 9.53. The molecule has 4 heteroatoms. The van der Waals surface area contributed by atoms with E-state index in [1.807, 2.05) is 0 Å². The minimum Gasteiger partial charge on any atom is -0.388 e. The van der Waals surface area contributed by atoms with Crippen LogP contribution in [0.15, 0.2) is 0 Å². The number of aliphatic hydroxyl groups excluding tert-OH is 1. The molecule has 0 aliphatic rings. The van der Waals surface area contributed by atoms with Crippen molar-refractivity contribution in [1.29, 1.82) is 0 Å². The van der Waals surface area contributed by atoms with Gasteiger partial charge >= 0.3 is 0 Å². The van der Waals surface area contributed by atoms with Gasteiger partial charge in [0.1, 0.15) is 12.4 Å². The van der Waals surface area contributed by atoms with Crippen molar-refractivity contribution in [3.63, 3.8) is 0 Å². The van der Waals surface area contributed by atoms with Crippen LogP contribution in [0.3, 0.4) is 0 Å². The van der Waals surface area contributed by atoms with E-state index in [0.29, 0.717) is 6.29 Å². The van der Waals surface area contributed by atoms with Gasteiger partial charge in [0, 0.05) is 20.6 Å². The first-order valence-electron chi connectivity index (χ1n) is 3.39. The molecule has 0 amide bonds. The van der Waals surface area contributed by atoms with Crippen molar-refractivity contribution in [2.24, 2.45) is 0 Å². The topological polar surface area (TPSA) is 55.8 Å². The van der Waals surface area contributed by atoms with E-state index in [1.165, 1.54) is 14.2 Å². The number of methoxy groups -OCH3 is 2. The highest BCUT2D eigenvalue weighted by Gasteiger charge is 2.17. The number of aldehydes is 1. The van der Waals surface area contributed by atoms with Crippen LogP contribution in [-0.2, 0) is 14.3 Å². The lowest BCUT2D eigenvalue weighted by atomic mass is 10.1. The van der Waals surface area contributed by atoms with Gasteiger partial charge in [-0.25, -0.2) is 0 Å². The molecule has 0 aromatic rings. The zero-order valence-corrected chi connectivity index (χ0v) is 6.82. The van der Waals surface area contributed by atoms with Gasteiger partial charge in [0.2, 0.25) is 0 Å². The number of carbonyl (C=O) groups excluding carboxylic acids is 1. The van der Waals surface area contributed by atoms with E-state index in [1.54, 1.807) is 0 Å². The van der Waals surface area contributed by atoms with Crippen LogP contribution in [0, 0.1) is 0 Å². The number of hydrogen-bond donors (Lipinski definition) is 1. The van der Waals surface area contributed by atoms with Gasteiger partial charge in [-0.1, -0.05) is 0 Å². The summed E-state index contributed by atoms with van der Waals surface area (Å²) in [6.07, 6.45) is -0.267. The van der Waals surface area contributed by atoms with Gasteiger partial charge in [-0.05, 0) is 0 Å². The first kappa shape index (κ1) is 10.6. The SMILES string of the molecule is COC[C@H](O)C(CC=O)OC. The zero-order valence-electron chi connectivity index (χ0n) is 6.82. The fraction of sp³-hybridized carbons (Fsp3) is 0.857. The molecule has 4 nitrogen and oxygen atoms in total. The van der Waals surface area contributed by atoms with E-state index in [-0.39, 0.29) is 13.0 Å². The fourth-order valence-electron chi connectivity index (χ4n) is 0.783. The van der Waals surface area contributed by atoms with Crippen LogP contribution in [0.2, 0.25) is 0 Å². The molecule has 0 aliphatic carbocycles. The largest absolute Gasteiger partial charge is 0.388 e. The molecule has 11 heavy (non-hydrogen) atoms. The van der Waals surface area contributed by atoms with Crippen molar-refractivity contribution >= 4 is 6.29 Å². The second-order valence-electron chi connectivity index (χ2n) is 2.20. The van der Waals surface area contributed by atoms with Gasteiger partial charge < -0.3 is 19.4 Å². The Morgan fingerprint density at radius 2 is 2.18 bits per heavy atom. The second kappa shape index (κ2) is 6.27. The highest BCUT2D eigenvalue weighted by molar-refractivity contribution is 5.50. The van der Waals surface area contributed by atoms with E-state index >= 15 is 0 Å². The Kier molecular flexibility index (Phi) is 6.02. The number of aliphatic hydroxyl groups is 1. The van der Waals surface area contributed by atoms with E-state index < -0.39 is 12.2 Å².